The minimum atomic E-state index is -3.28. The summed E-state index contributed by atoms with van der Waals surface area (Å²) >= 11 is 0. The molecule has 0 amide bonds. The van der Waals surface area contributed by atoms with Gasteiger partial charge >= 0.3 is 0 Å². The molecule has 1 saturated heterocycles. The van der Waals surface area contributed by atoms with Crippen molar-refractivity contribution < 1.29 is 22.3 Å². The van der Waals surface area contributed by atoms with Crippen molar-refractivity contribution in [3.63, 3.8) is 0 Å². The quantitative estimate of drug-likeness (QED) is 0.825. The molecular formula is C13H17FN2O4S. The van der Waals surface area contributed by atoms with Gasteiger partial charge in [0.25, 0.3) is 5.88 Å². The molecule has 0 N–H and O–H groups in total. The Morgan fingerprint density at radius 2 is 2.29 bits per heavy atom. The lowest BCUT2D eigenvalue weighted by Gasteiger charge is -2.37. The van der Waals surface area contributed by atoms with Crippen molar-refractivity contribution in [1.29, 1.82) is 0 Å². The lowest BCUT2D eigenvalue weighted by atomic mass is 10.1. The molecule has 3 rings (SSSR count). The molecule has 1 saturated carbocycles. The number of fused-ring (bicyclic) bond motifs is 1. The summed E-state index contributed by atoms with van der Waals surface area (Å²) in [5.41, 5.74) is 0. The molecule has 0 bridgehead atoms. The number of ether oxygens (including phenoxy) is 2. The second-order valence-corrected chi connectivity index (χ2v) is 7.24. The van der Waals surface area contributed by atoms with E-state index in [1.807, 2.05) is 0 Å². The average Bonchev–Trinajstić information content (AvgIpc) is 2.83. The monoisotopic (exact) mass is 316 g/mol. The molecule has 1 aromatic rings. The summed E-state index contributed by atoms with van der Waals surface area (Å²) in [6.07, 6.45) is 3.13. The fourth-order valence-corrected chi connectivity index (χ4v) is 4.14. The Hall–Kier alpha value is -1.25. The highest BCUT2D eigenvalue weighted by Gasteiger charge is 2.47. The largest absolute Gasteiger partial charge is 0.469 e. The van der Waals surface area contributed by atoms with Gasteiger partial charge in [-0.2, -0.15) is 4.31 Å². The van der Waals surface area contributed by atoms with E-state index in [1.54, 1.807) is 0 Å². The maximum atomic E-state index is 13.6. The first-order chi connectivity index (χ1) is 9.97. The maximum Gasteiger partial charge on any atom is 0.250 e. The van der Waals surface area contributed by atoms with Crippen molar-refractivity contribution in [2.45, 2.75) is 31.1 Å². The fraction of sp³-hybridized carbons (Fsp3) is 0.615. The number of rotatable bonds is 3. The highest BCUT2D eigenvalue weighted by Crippen LogP contribution is 2.34. The van der Waals surface area contributed by atoms with E-state index in [-0.39, 0.29) is 24.1 Å². The molecule has 8 heteroatoms. The number of sulfonamides is 1. The highest BCUT2D eigenvalue weighted by atomic mass is 32.2. The normalized spacial score (nSPS) is 30.1. The predicted molar refractivity (Wildman–Crippen MR) is 72.9 cm³/mol. The Morgan fingerprint density at radius 1 is 1.48 bits per heavy atom. The van der Waals surface area contributed by atoms with Crippen LogP contribution in [0, 0.1) is 5.82 Å². The minimum Gasteiger partial charge on any atom is -0.469 e. The molecule has 3 atom stereocenters. The van der Waals surface area contributed by atoms with Crippen molar-refractivity contribution >= 4 is 10.0 Å². The molecule has 2 aliphatic rings. The van der Waals surface area contributed by atoms with Crippen LogP contribution >= 0.6 is 0 Å². The van der Waals surface area contributed by atoms with Crippen molar-refractivity contribution in [2.75, 3.05) is 19.4 Å². The molecule has 2 heterocycles. The van der Waals surface area contributed by atoms with Gasteiger partial charge in [0.05, 0.1) is 18.9 Å². The Bertz CT molecular complexity index is 624. The van der Waals surface area contributed by atoms with Gasteiger partial charge in [-0.15, -0.1) is 0 Å². The van der Waals surface area contributed by atoms with E-state index in [4.69, 9.17) is 9.47 Å². The van der Waals surface area contributed by atoms with Crippen LogP contribution in [0.15, 0.2) is 18.3 Å². The van der Waals surface area contributed by atoms with Crippen LogP contribution in [0.5, 0.6) is 5.88 Å². The summed E-state index contributed by atoms with van der Waals surface area (Å²) in [4.78, 5) is 3.86. The van der Waals surface area contributed by atoms with Crippen molar-refractivity contribution in [3.8, 4) is 5.88 Å². The average molecular weight is 316 g/mol. The summed E-state index contributed by atoms with van der Waals surface area (Å²) in [5.74, 6) is -0.597. The molecular weight excluding hydrogens is 299 g/mol. The second-order valence-electron chi connectivity index (χ2n) is 5.30. The molecule has 116 valence electrons. The summed E-state index contributed by atoms with van der Waals surface area (Å²) in [6.45, 7) is 0.670. The molecule has 2 fully saturated rings. The van der Waals surface area contributed by atoms with Crippen molar-refractivity contribution in [3.05, 3.63) is 24.1 Å². The van der Waals surface area contributed by atoms with Gasteiger partial charge in [-0.1, -0.05) is 0 Å². The second kappa shape index (κ2) is 5.51. The number of halogens is 1. The zero-order valence-corrected chi connectivity index (χ0v) is 12.4. The lowest BCUT2D eigenvalue weighted by Crippen LogP contribution is -2.53. The van der Waals surface area contributed by atoms with Crippen LogP contribution in [0.2, 0.25) is 0 Å². The standard InChI is InChI=1S/C13H17FN2O4S/c1-21(17,18)16-7-8-19-12-10(16)4-5-11(12)20-13-9(14)3-2-6-15-13/h2-3,6,10-12H,4-5,7-8H2,1H3/t10-,11+,12+/m0/s1. The van der Waals surface area contributed by atoms with E-state index < -0.39 is 15.8 Å². The van der Waals surface area contributed by atoms with Gasteiger partial charge in [0, 0.05) is 12.7 Å². The summed E-state index contributed by atoms with van der Waals surface area (Å²) < 4.78 is 49.9. The molecule has 0 unspecified atom stereocenters. The molecule has 6 nitrogen and oxygen atoms in total. The first kappa shape index (κ1) is 14.7. The summed E-state index contributed by atoms with van der Waals surface area (Å²) in [6, 6.07) is 2.52. The van der Waals surface area contributed by atoms with E-state index in [2.05, 4.69) is 4.98 Å². The van der Waals surface area contributed by atoms with E-state index in [0.717, 1.165) is 0 Å². The van der Waals surface area contributed by atoms with Gasteiger partial charge in [-0.3, -0.25) is 0 Å². The van der Waals surface area contributed by atoms with Gasteiger partial charge in [0.15, 0.2) is 5.82 Å². The number of pyridine rings is 1. The summed E-state index contributed by atoms with van der Waals surface area (Å²) in [7, 11) is -3.28. The van der Waals surface area contributed by atoms with Crippen molar-refractivity contribution in [1.82, 2.24) is 9.29 Å². The van der Waals surface area contributed by atoms with Crippen molar-refractivity contribution in [2.24, 2.45) is 0 Å². The molecule has 0 aromatic carbocycles. The Morgan fingerprint density at radius 3 is 3.00 bits per heavy atom. The zero-order valence-electron chi connectivity index (χ0n) is 11.6. The minimum absolute atomic E-state index is 0.0665. The fourth-order valence-electron chi connectivity index (χ4n) is 3.02. The Kier molecular flexibility index (Phi) is 3.85. The zero-order chi connectivity index (χ0) is 15.0. The Labute approximate surface area is 122 Å². The number of morpholine rings is 1. The van der Waals surface area contributed by atoms with Gasteiger partial charge in [-0.05, 0) is 25.0 Å². The van der Waals surface area contributed by atoms with Crippen LogP contribution < -0.4 is 4.74 Å². The molecule has 1 aliphatic carbocycles. The van der Waals surface area contributed by atoms with Crippen LogP contribution in [0.25, 0.3) is 0 Å². The number of aromatic nitrogens is 1. The SMILES string of the molecule is CS(=O)(=O)N1CCO[C@H]2[C@H](Oc3ncccc3F)CC[C@@H]21. The molecule has 21 heavy (non-hydrogen) atoms. The third-order valence-electron chi connectivity index (χ3n) is 3.90. The van der Waals surface area contributed by atoms with Gasteiger partial charge in [-0.25, -0.2) is 17.8 Å². The van der Waals surface area contributed by atoms with Crippen LogP contribution in [0.1, 0.15) is 12.8 Å². The number of hydrogen-bond donors (Lipinski definition) is 0. The first-order valence-electron chi connectivity index (χ1n) is 6.82. The third kappa shape index (κ3) is 2.88. The third-order valence-corrected chi connectivity index (χ3v) is 5.20. The van der Waals surface area contributed by atoms with Crippen LogP contribution in [0.3, 0.4) is 0 Å². The van der Waals surface area contributed by atoms with Gasteiger partial charge < -0.3 is 9.47 Å². The first-order valence-corrected chi connectivity index (χ1v) is 8.67. The van der Waals surface area contributed by atoms with Crippen LogP contribution in [0.4, 0.5) is 4.39 Å². The smallest absolute Gasteiger partial charge is 0.250 e. The summed E-state index contributed by atoms with van der Waals surface area (Å²) in [5, 5.41) is 0. The van der Waals surface area contributed by atoms with E-state index in [0.29, 0.717) is 26.0 Å². The van der Waals surface area contributed by atoms with Gasteiger partial charge in [0.1, 0.15) is 12.2 Å². The van der Waals surface area contributed by atoms with E-state index in [9.17, 15) is 12.8 Å². The number of hydrogen-bond acceptors (Lipinski definition) is 5. The predicted octanol–water partition coefficient (Wildman–Crippen LogP) is 0.791. The Balaban J connectivity index is 1.77. The topological polar surface area (TPSA) is 68.7 Å². The van der Waals surface area contributed by atoms with E-state index in [1.165, 1.54) is 28.9 Å². The maximum absolute atomic E-state index is 13.6. The van der Waals surface area contributed by atoms with E-state index >= 15 is 0 Å². The number of nitrogens with zero attached hydrogens (tertiary/aromatic N) is 2. The molecule has 0 radical (unpaired) electrons. The molecule has 1 aromatic heterocycles. The lowest BCUT2D eigenvalue weighted by molar-refractivity contribution is -0.0673. The van der Waals surface area contributed by atoms with Gasteiger partial charge in [0.2, 0.25) is 10.0 Å². The molecule has 0 spiro atoms. The van der Waals surface area contributed by atoms with Crippen LogP contribution in [-0.4, -0.2) is 55.4 Å². The van der Waals surface area contributed by atoms with Crippen LogP contribution in [-0.2, 0) is 14.8 Å². The highest BCUT2D eigenvalue weighted by molar-refractivity contribution is 7.88. The molecule has 1 aliphatic heterocycles.